The Kier molecular flexibility index (Phi) is 5.78. The van der Waals surface area contributed by atoms with Crippen LogP contribution in [-0.2, 0) is 4.74 Å². The SMILES string of the molecule is NC(=S)c1ccc[n+]([C@@H]2O[C@H](CO)[C@@H](O)[C@H]2O)c1.[Br-]. The van der Waals surface area contributed by atoms with E-state index in [4.69, 9.17) is 27.8 Å². The number of hydrogen-bond acceptors (Lipinski definition) is 5. The molecular weight excluding hydrogens is 336 g/mol. The van der Waals surface area contributed by atoms with E-state index in [-0.39, 0.29) is 28.6 Å². The zero-order valence-corrected chi connectivity index (χ0v) is 12.3. The van der Waals surface area contributed by atoms with Gasteiger partial charge >= 0.3 is 0 Å². The quantitative estimate of drug-likeness (QED) is 0.322. The molecule has 0 bridgehead atoms. The van der Waals surface area contributed by atoms with Gasteiger partial charge in [-0.1, -0.05) is 12.2 Å². The molecule has 106 valence electrons. The molecule has 6 nitrogen and oxygen atoms in total. The molecule has 0 aromatic carbocycles. The highest BCUT2D eigenvalue weighted by Crippen LogP contribution is 2.24. The number of thiocarbonyl (C=S) groups is 1. The predicted molar refractivity (Wildman–Crippen MR) is 65.5 cm³/mol. The normalized spacial score (nSPS) is 29.8. The Labute approximate surface area is 126 Å². The summed E-state index contributed by atoms with van der Waals surface area (Å²) in [5.74, 6) is 0. The molecule has 1 aliphatic rings. The second kappa shape index (κ2) is 6.69. The summed E-state index contributed by atoms with van der Waals surface area (Å²) < 4.78 is 6.95. The van der Waals surface area contributed by atoms with Crippen molar-refractivity contribution >= 4 is 17.2 Å². The van der Waals surface area contributed by atoms with Crippen molar-refractivity contribution in [2.24, 2.45) is 5.73 Å². The number of pyridine rings is 1. The Morgan fingerprint density at radius 1 is 1.42 bits per heavy atom. The zero-order chi connectivity index (χ0) is 13.3. The number of aliphatic hydroxyl groups excluding tert-OH is 3. The molecule has 0 unspecified atom stereocenters. The predicted octanol–water partition coefficient (Wildman–Crippen LogP) is -4.78. The van der Waals surface area contributed by atoms with Crippen molar-refractivity contribution in [2.75, 3.05) is 6.61 Å². The molecule has 1 aromatic heterocycles. The highest BCUT2D eigenvalue weighted by atomic mass is 79.9. The largest absolute Gasteiger partial charge is 1.00 e. The Bertz CT molecular complexity index is 462. The number of ether oxygens (including phenoxy) is 1. The minimum atomic E-state index is -1.12. The number of aromatic nitrogens is 1. The van der Waals surface area contributed by atoms with Crippen LogP contribution in [0.3, 0.4) is 0 Å². The molecule has 4 atom stereocenters. The fraction of sp³-hybridized carbons (Fsp3) is 0.455. The Balaban J connectivity index is 0.00000180. The van der Waals surface area contributed by atoms with Crippen LogP contribution >= 0.6 is 12.2 Å². The van der Waals surface area contributed by atoms with Gasteiger partial charge < -0.3 is 42.8 Å². The van der Waals surface area contributed by atoms with Crippen LogP contribution in [0, 0.1) is 0 Å². The maximum atomic E-state index is 9.87. The molecule has 0 saturated carbocycles. The molecule has 0 radical (unpaired) electrons. The van der Waals surface area contributed by atoms with Crippen LogP contribution < -0.4 is 27.3 Å². The highest BCUT2D eigenvalue weighted by molar-refractivity contribution is 7.80. The molecule has 0 aliphatic carbocycles. The first kappa shape index (κ1) is 16.4. The summed E-state index contributed by atoms with van der Waals surface area (Å²) in [4.78, 5) is 0.232. The Morgan fingerprint density at radius 2 is 2.11 bits per heavy atom. The summed E-state index contributed by atoms with van der Waals surface area (Å²) in [6.07, 6.45) is -0.516. The highest BCUT2D eigenvalue weighted by Gasteiger charge is 2.47. The average molecular weight is 351 g/mol. The van der Waals surface area contributed by atoms with Gasteiger partial charge in [0.15, 0.2) is 18.5 Å². The monoisotopic (exact) mass is 350 g/mol. The minimum Gasteiger partial charge on any atom is -1.00 e. The first-order valence-electron chi connectivity index (χ1n) is 5.47. The molecule has 1 fully saturated rings. The van der Waals surface area contributed by atoms with Crippen molar-refractivity contribution < 1.29 is 41.6 Å². The lowest BCUT2D eigenvalue weighted by atomic mass is 10.1. The van der Waals surface area contributed by atoms with Gasteiger partial charge in [-0.15, -0.1) is 0 Å². The lowest BCUT2D eigenvalue weighted by Crippen LogP contribution is -3.00. The summed E-state index contributed by atoms with van der Waals surface area (Å²) in [5, 5.41) is 28.6. The lowest BCUT2D eigenvalue weighted by molar-refractivity contribution is -0.765. The van der Waals surface area contributed by atoms with Gasteiger partial charge in [-0.3, -0.25) is 0 Å². The number of halogens is 1. The smallest absolute Gasteiger partial charge is 0.292 e. The third kappa shape index (κ3) is 3.28. The van der Waals surface area contributed by atoms with Crippen LogP contribution in [0.25, 0.3) is 0 Å². The van der Waals surface area contributed by atoms with E-state index in [9.17, 15) is 10.2 Å². The summed E-state index contributed by atoms with van der Waals surface area (Å²) in [5.41, 5.74) is 6.15. The number of rotatable bonds is 3. The second-order valence-electron chi connectivity index (χ2n) is 4.13. The van der Waals surface area contributed by atoms with Crippen molar-refractivity contribution in [3.8, 4) is 0 Å². The molecule has 2 heterocycles. The molecule has 0 amide bonds. The van der Waals surface area contributed by atoms with Gasteiger partial charge in [0, 0.05) is 6.07 Å². The lowest BCUT2D eigenvalue weighted by Gasteiger charge is -2.10. The van der Waals surface area contributed by atoms with E-state index in [1.165, 1.54) is 0 Å². The topological polar surface area (TPSA) is 99.8 Å². The van der Waals surface area contributed by atoms with Crippen molar-refractivity contribution in [2.45, 2.75) is 24.5 Å². The summed E-state index contributed by atoms with van der Waals surface area (Å²) in [6.45, 7) is -0.357. The second-order valence-corrected chi connectivity index (χ2v) is 4.57. The van der Waals surface area contributed by atoms with E-state index in [1.807, 2.05) is 0 Å². The molecule has 2 rings (SSSR count). The number of nitrogens with zero attached hydrogens (tertiary/aromatic N) is 1. The fourth-order valence-electron chi connectivity index (χ4n) is 1.92. The van der Waals surface area contributed by atoms with Crippen LogP contribution in [0.5, 0.6) is 0 Å². The van der Waals surface area contributed by atoms with Gasteiger partial charge in [0.2, 0.25) is 0 Å². The van der Waals surface area contributed by atoms with Crippen LogP contribution in [0.2, 0.25) is 0 Å². The average Bonchev–Trinajstić information content (AvgIpc) is 2.66. The molecule has 0 spiro atoms. The van der Waals surface area contributed by atoms with Crippen molar-refractivity contribution in [3.05, 3.63) is 30.1 Å². The van der Waals surface area contributed by atoms with E-state index in [0.717, 1.165) is 0 Å². The van der Waals surface area contributed by atoms with Crippen LogP contribution in [0.15, 0.2) is 24.5 Å². The zero-order valence-electron chi connectivity index (χ0n) is 9.89. The van der Waals surface area contributed by atoms with Crippen molar-refractivity contribution in [1.29, 1.82) is 0 Å². The van der Waals surface area contributed by atoms with E-state index in [1.54, 1.807) is 29.1 Å². The number of aliphatic hydroxyl groups is 3. The standard InChI is InChI=1S/C11H14N2O4S.BrH/c12-10(18)6-2-1-3-13(4-6)11-9(16)8(15)7(5-14)17-11;/h1-4,7-9,11,14-16H,5H2,(H-,12,18);1H/t7-,8-,9-,11-;/m1./s1. The van der Waals surface area contributed by atoms with E-state index >= 15 is 0 Å². The first-order chi connectivity index (χ1) is 8.54. The molecule has 5 N–H and O–H groups in total. The van der Waals surface area contributed by atoms with E-state index in [2.05, 4.69) is 0 Å². The van der Waals surface area contributed by atoms with Crippen molar-refractivity contribution in [1.82, 2.24) is 0 Å². The van der Waals surface area contributed by atoms with Gasteiger partial charge in [-0.2, -0.15) is 4.57 Å². The van der Waals surface area contributed by atoms with Gasteiger partial charge in [-0.05, 0) is 6.07 Å². The Morgan fingerprint density at radius 3 is 2.63 bits per heavy atom. The fourth-order valence-corrected chi connectivity index (χ4v) is 2.04. The maximum Gasteiger partial charge on any atom is 0.292 e. The van der Waals surface area contributed by atoms with Crippen molar-refractivity contribution in [3.63, 3.8) is 0 Å². The first-order valence-corrected chi connectivity index (χ1v) is 5.88. The summed E-state index contributed by atoms with van der Waals surface area (Å²) in [7, 11) is 0. The number of hydrogen-bond donors (Lipinski definition) is 4. The molecule has 8 heteroatoms. The molecule has 19 heavy (non-hydrogen) atoms. The molecule has 1 aliphatic heterocycles. The van der Waals surface area contributed by atoms with Gasteiger partial charge in [-0.25, -0.2) is 0 Å². The third-order valence-corrected chi connectivity index (χ3v) is 3.15. The molecule has 1 saturated heterocycles. The molecule has 1 aromatic rings. The van der Waals surface area contributed by atoms with Crippen LogP contribution in [-0.4, -0.2) is 45.2 Å². The summed E-state index contributed by atoms with van der Waals surface area (Å²) >= 11 is 4.87. The third-order valence-electron chi connectivity index (χ3n) is 2.92. The van der Waals surface area contributed by atoms with Gasteiger partial charge in [0.05, 0.1) is 12.2 Å². The van der Waals surface area contributed by atoms with E-state index in [0.29, 0.717) is 5.56 Å². The van der Waals surface area contributed by atoms with Crippen LogP contribution in [0.4, 0.5) is 0 Å². The Hall–Kier alpha value is -0.640. The number of nitrogens with two attached hydrogens (primary N) is 1. The summed E-state index contributed by atoms with van der Waals surface area (Å²) in [6, 6.07) is 3.45. The molecular formula is C11H15BrN2O4S. The minimum absolute atomic E-state index is 0. The van der Waals surface area contributed by atoms with Gasteiger partial charge in [0.25, 0.3) is 6.23 Å². The van der Waals surface area contributed by atoms with Gasteiger partial charge in [0.1, 0.15) is 17.2 Å². The maximum absolute atomic E-state index is 9.87. The van der Waals surface area contributed by atoms with Crippen LogP contribution in [0.1, 0.15) is 11.8 Å². The van der Waals surface area contributed by atoms with E-state index < -0.39 is 24.5 Å².